The molecular weight excluding hydrogens is 286 g/mol. The van der Waals surface area contributed by atoms with Gasteiger partial charge in [0.05, 0.1) is 11.3 Å². The third kappa shape index (κ3) is 3.59. The summed E-state index contributed by atoms with van der Waals surface area (Å²) in [5.41, 5.74) is 2.62. The lowest BCUT2D eigenvalue weighted by Crippen LogP contribution is -2.44. The number of rotatable bonds is 3. The molecule has 1 aromatic heterocycles. The number of hydrogen-bond donors (Lipinski definition) is 0. The molecule has 2 heterocycles. The number of pyridine rings is 1. The minimum absolute atomic E-state index is 0.0617. The molecule has 0 unspecified atom stereocenters. The fourth-order valence-electron chi connectivity index (χ4n) is 3.05. The van der Waals surface area contributed by atoms with Crippen LogP contribution in [-0.2, 0) is 0 Å². The Balaban J connectivity index is 1.70. The number of hydrogen-bond acceptors (Lipinski definition) is 3. The number of piperidine rings is 1. The van der Waals surface area contributed by atoms with Gasteiger partial charge < -0.3 is 9.80 Å². The van der Waals surface area contributed by atoms with Crippen molar-refractivity contribution in [2.75, 3.05) is 27.2 Å². The van der Waals surface area contributed by atoms with Gasteiger partial charge in [-0.2, -0.15) is 0 Å². The van der Waals surface area contributed by atoms with E-state index in [0.29, 0.717) is 11.6 Å². The lowest BCUT2D eigenvalue weighted by molar-refractivity contribution is 0.0659. The Labute approximate surface area is 137 Å². The van der Waals surface area contributed by atoms with Crippen LogP contribution < -0.4 is 0 Å². The Morgan fingerprint density at radius 2 is 1.83 bits per heavy atom. The van der Waals surface area contributed by atoms with Crippen molar-refractivity contribution >= 4 is 5.91 Å². The average molecular weight is 309 g/mol. The van der Waals surface area contributed by atoms with E-state index < -0.39 is 0 Å². The maximum absolute atomic E-state index is 12.6. The van der Waals surface area contributed by atoms with Crippen LogP contribution in [0.5, 0.6) is 0 Å². The minimum Gasteiger partial charge on any atom is -0.339 e. The maximum atomic E-state index is 12.6. The number of likely N-dealkylation sites (tertiary alicyclic amines) is 1. The predicted octanol–water partition coefficient (Wildman–Crippen LogP) is 2.91. The Kier molecular flexibility index (Phi) is 4.72. The van der Waals surface area contributed by atoms with Crippen molar-refractivity contribution in [3.05, 3.63) is 54.2 Å². The molecule has 0 bridgehead atoms. The van der Waals surface area contributed by atoms with Crippen molar-refractivity contribution in [1.29, 1.82) is 0 Å². The van der Waals surface area contributed by atoms with Gasteiger partial charge in [0.15, 0.2) is 0 Å². The highest BCUT2D eigenvalue weighted by Crippen LogP contribution is 2.19. The van der Waals surface area contributed by atoms with Crippen LogP contribution in [0.25, 0.3) is 11.3 Å². The Bertz CT molecular complexity index is 646. The van der Waals surface area contributed by atoms with Crippen LogP contribution in [-0.4, -0.2) is 53.9 Å². The average Bonchev–Trinajstić information content (AvgIpc) is 2.62. The molecule has 0 atom stereocenters. The lowest BCUT2D eigenvalue weighted by Gasteiger charge is -2.35. The first-order valence-corrected chi connectivity index (χ1v) is 8.12. The highest BCUT2D eigenvalue weighted by atomic mass is 16.2. The van der Waals surface area contributed by atoms with E-state index in [0.717, 1.165) is 37.2 Å². The van der Waals surface area contributed by atoms with E-state index in [-0.39, 0.29) is 5.91 Å². The standard InChI is InChI=1S/C19H23N3O/c1-21-12-10-17(11-13-21)22(2)19(23)16-8-9-18(20-14-16)15-6-4-3-5-7-15/h3-9,14,17H,10-13H2,1-2H3. The van der Waals surface area contributed by atoms with Crippen LogP contribution >= 0.6 is 0 Å². The van der Waals surface area contributed by atoms with Gasteiger partial charge in [0.2, 0.25) is 0 Å². The van der Waals surface area contributed by atoms with E-state index in [4.69, 9.17) is 0 Å². The first-order valence-electron chi connectivity index (χ1n) is 8.12. The summed E-state index contributed by atoms with van der Waals surface area (Å²) in [4.78, 5) is 21.3. The quantitative estimate of drug-likeness (QED) is 0.875. The van der Waals surface area contributed by atoms with E-state index in [1.54, 1.807) is 6.20 Å². The molecule has 0 spiro atoms. The van der Waals surface area contributed by atoms with Gasteiger partial charge in [0.1, 0.15) is 0 Å². The zero-order valence-corrected chi connectivity index (χ0v) is 13.8. The summed E-state index contributed by atoms with van der Waals surface area (Å²) in [6, 6.07) is 14.1. The summed E-state index contributed by atoms with van der Waals surface area (Å²) in [5.74, 6) is 0.0617. The fourth-order valence-corrected chi connectivity index (χ4v) is 3.05. The van der Waals surface area contributed by atoms with Crippen molar-refractivity contribution in [2.24, 2.45) is 0 Å². The van der Waals surface area contributed by atoms with Crippen LogP contribution in [0.3, 0.4) is 0 Å². The lowest BCUT2D eigenvalue weighted by atomic mass is 10.0. The highest BCUT2D eigenvalue weighted by molar-refractivity contribution is 5.94. The van der Waals surface area contributed by atoms with Gasteiger partial charge >= 0.3 is 0 Å². The largest absolute Gasteiger partial charge is 0.339 e. The molecule has 0 aliphatic carbocycles. The van der Waals surface area contributed by atoms with E-state index in [2.05, 4.69) is 16.9 Å². The second-order valence-corrected chi connectivity index (χ2v) is 6.25. The van der Waals surface area contributed by atoms with Crippen molar-refractivity contribution in [1.82, 2.24) is 14.8 Å². The number of benzene rings is 1. The Hall–Kier alpha value is -2.20. The van der Waals surface area contributed by atoms with Crippen LogP contribution in [0.2, 0.25) is 0 Å². The third-order valence-corrected chi connectivity index (χ3v) is 4.64. The molecule has 1 saturated heterocycles. The van der Waals surface area contributed by atoms with Crippen LogP contribution in [0.4, 0.5) is 0 Å². The van der Waals surface area contributed by atoms with Crippen molar-refractivity contribution in [2.45, 2.75) is 18.9 Å². The van der Waals surface area contributed by atoms with Crippen molar-refractivity contribution < 1.29 is 4.79 Å². The Morgan fingerprint density at radius 1 is 1.13 bits per heavy atom. The fraction of sp³-hybridized carbons (Fsp3) is 0.368. The molecule has 4 nitrogen and oxygen atoms in total. The van der Waals surface area contributed by atoms with Gasteiger partial charge in [-0.05, 0) is 45.1 Å². The summed E-state index contributed by atoms with van der Waals surface area (Å²) in [7, 11) is 4.04. The molecule has 120 valence electrons. The van der Waals surface area contributed by atoms with Crippen LogP contribution in [0, 0.1) is 0 Å². The summed E-state index contributed by atoms with van der Waals surface area (Å²) >= 11 is 0. The highest BCUT2D eigenvalue weighted by Gasteiger charge is 2.24. The first kappa shape index (κ1) is 15.7. The second-order valence-electron chi connectivity index (χ2n) is 6.25. The topological polar surface area (TPSA) is 36.4 Å². The zero-order valence-electron chi connectivity index (χ0n) is 13.8. The summed E-state index contributed by atoms with van der Waals surface area (Å²) in [6.07, 6.45) is 3.76. The molecule has 0 N–H and O–H groups in total. The van der Waals surface area contributed by atoms with Gasteiger partial charge in [0.25, 0.3) is 5.91 Å². The number of amides is 1. The molecule has 1 aliphatic rings. The minimum atomic E-state index is 0.0617. The molecule has 1 amide bonds. The second kappa shape index (κ2) is 6.92. The van der Waals surface area contributed by atoms with Gasteiger partial charge in [0, 0.05) is 24.8 Å². The number of carbonyl (C=O) groups is 1. The zero-order chi connectivity index (χ0) is 16.2. The van der Waals surface area contributed by atoms with Gasteiger partial charge in [-0.25, -0.2) is 0 Å². The maximum Gasteiger partial charge on any atom is 0.255 e. The molecule has 1 fully saturated rings. The summed E-state index contributed by atoms with van der Waals surface area (Å²) in [5, 5.41) is 0. The molecule has 0 radical (unpaired) electrons. The molecule has 23 heavy (non-hydrogen) atoms. The molecular formula is C19H23N3O. The van der Waals surface area contributed by atoms with E-state index >= 15 is 0 Å². The number of carbonyl (C=O) groups excluding carboxylic acids is 1. The molecule has 3 rings (SSSR count). The van der Waals surface area contributed by atoms with Crippen molar-refractivity contribution in [3.63, 3.8) is 0 Å². The van der Waals surface area contributed by atoms with Crippen LogP contribution in [0.15, 0.2) is 48.7 Å². The van der Waals surface area contributed by atoms with Gasteiger partial charge in [-0.3, -0.25) is 9.78 Å². The molecule has 0 saturated carbocycles. The van der Waals surface area contributed by atoms with Crippen molar-refractivity contribution in [3.8, 4) is 11.3 Å². The molecule has 1 aliphatic heterocycles. The smallest absolute Gasteiger partial charge is 0.255 e. The third-order valence-electron chi connectivity index (χ3n) is 4.64. The summed E-state index contributed by atoms with van der Waals surface area (Å²) < 4.78 is 0. The van der Waals surface area contributed by atoms with E-state index in [1.165, 1.54) is 0 Å². The molecule has 2 aromatic rings. The predicted molar refractivity (Wildman–Crippen MR) is 92.3 cm³/mol. The van der Waals surface area contributed by atoms with Gasteiger partial charge in [-0.1, -0.05) is 30.3 Å². The van der Waals surface area contributed by atoms with Crippen LogP contribution in [0.1, 0.15) is 23.2 Å². The van der Waals surface area contributed by atoms with Gasteiger partial charge in [-0.15, -0.1) is 0 Å². The SMILES string of the molecule is CN1CCC(N(C)C(=O)c2ccc(-c3ccccc3)nc2)CC1. The number of nitrogens with zero attached hydrogens (tertiary/aromatic N) is 3. The summed E-state index contributed by atoms with van der Waals surface area (Å²) in [6.45, 7) is 2.10. The number of aromatic nitrogens is 1. The Morgan fingerprint density at radius 3 is 2.43 bits per heavy atom. The monoisotopic (exact) mass is 309 g/mol. The molecule has 1 aromatic carbocycles. The molecule has 4 heteroatoms. The van der Waals surface area contributed by atoms with E-state index in [1.807, 2.05) is 54.4 Å². The van der Waals surface area contributed by atoms with E-state index in [9.17, 15) is 4.79 Å². The normalized spacial score (nSPS) is 16.3. The first-order chi connectivity index (χ1) is 11.1.